The summed E-state index contributed by atoms with van der Waals surface area (Å²) in [4.78, 5) is 18.0. The first kappa shape index (κ1) is 18.7. The van der Waals surface area contributed by atoms with Gasteiger partial charge in [0.2, 0.25) is 0 Å². The van der Waals surface area contributed by atoms with Gasteiger partial charge in [-0.3, -0.25) is 4.79 Å². The zero-order chi connectivity index (χ0) is 20.4. The smallest absolute Gasteiger partial charge is 0.256 e. The number of methoxy groups -OCH3 is 1. The molecule has 4 nitrogen and oxygen atoms in total. The molecule has 0 aliphatic carbocycles. The minimum Gasteiger partial charge on any atom is -0.496 e. The lowest BCUT2D eigenvalue weighted by atomic mass is 10.0. The molecule has 0 aliphatic rings. The summed E-state index contributed by atoms with van der Waals surface area (Å²) in [6.45, 7) is 3.96. The summed E-state index contributed by atoms with van der Waals surface area (Å²) in [6, 6.07) is 23.3. The molecule has 4 heteroatoms. The van der Waals surface area contributed by atoms with E-state index in [1.54, 1.807) is 7.11 Å². The van der Waals surface area contributed by atoms with E-state index in [9.17, 15) is 4.79 Å². The highest BCUT2D eigenvalue weighted by Crippen LogP contribution is 2.27. The number of rotatable bonds is 4. The fourth-order valence-electron chi connectivity index (χ4n) is 3.44. The van der Waals surface area contributed by atoms with E-state index >= 15 is 0 Å². The zero-order valence-corrected chi connectivity index (χ0v) is 16.7. The lowest BCUT2D eigenvalue weighted by Gasteiger charge is -2.12. The molecule has 1 aromatic heterocycles. The Morgan fingerprint density at radius 2 is 1.72 bits per heavy atom. The maximum absolute atomic E-state index is 13.2. The van der Waals surface area contributed by atoms with Gasteiger partial charge in [0.05, 0.1) is 23.9 Å². The first-order valence-electron chi connectivity index (χ1n) is 9.48. The van der Waals surface area contributed by atoms with Gasteiger partial charge in [-0.05, 0) is 55.8 Å². The van der Waals surface area contributed by atoms with Crippen LogP contribution in [0.5, 0.6) is 5.75 Å². The predicted molar refractivity (Wildman–Crippen MR) is 118 cm³/mol. The monoisotopic (exact) mass is 382 g/mol. The van der Waals surface area contributed by atoms with Crippen molar-refractivity contribution in [1.29, 1.82) is 0 Å². The highest BCUT2D eigenvalue weighted by molar-refractivity contribution is 6.13. The van der Waals surface area contributed by atoms with Crippen LogP contribution in [0, 0.1) is 13.8 Å². The number of anilines is 1. The van der Waals surface area contributed by atoms with Gasteiger partial charge in [0.1, 0.15) is 5.75 Å². The second-order valence-electron chi connectivity index (χ2n) is 7.08. The van der Waals surface area contributed by atoms with Crippen molar-refractivity contribution < 1.29 is 9.53 Å². The first-order valence-corrected chi connectivity index (χ1v) is 9.48. The molecule has 0 radical (unpaired) electrons. The normalized spacial score (nSPS) is 10.7. The molecule has 4 aromatic rings. The van der Waals surface area contributed by atoms with Crippen LogP contribution >= 0.6 is 0 Å². The third-order valence-electron chi connectivity index (χ3n) is 4.93. The maximum atomic E-state index is 13.2. The molecule has 4 rings (SSSR count). The van der Waals surface area contributed by atoms with Gasteiger partial charge in [0, 0.05) is 16.6 Å². The average molecular weight is 382 g/mol. The number of ether oxygens (including phenoxy) is 1. The topological polar surface area (TPSA) is 51.2 Å². The maximum Gasteiger partial charge on any atom is 0.256 e. The largest absolute Gasteiger partial charge is 0.496 e. The van der Waals surface area contributed by atoms with Crippen molar-refractivity contribution in [1.82, 2.24) is 4.98 Å². The molecule has 1 heterocycles. The molecular weight excluding hydrogens is 360 g/mol. The number of aromatic nitrogens is 1. The van der Waals surface area contributed by atoms with Gasteiger partial charge in [-0.2, -0.15) is 0 Å². The summed E-state index contributed by atoms with van der Waals surface area (Å²) in [5, 5.41) is 3.86. The number of fused-ring (bicyclic) bond motifs is 1. The van der Waals surface area contributed by atoms with Gasteiger partial charge >= 0.3 is 0 Å². The van der Waals surface area contributed by atoms with Crippen LogP contribution in [0.2, 0.25) is 0 Å². The molecular formula is C25H22N2O2. The number of hydrogen-bond donors (Lipinski definition) is 1. The number of hydrogen-bond acceptors (Lipinski definition) is 3. The Morgan fingerprint density at radius 1 is 0.931 bits per heavy atom. The van der Waals surface area contributed by atoms with Crippen molar-refractivity contribution >= 4 is 22.5 Å². The summed E-state index contributed by atoms with van der Waals surface area (Å²) in [7, 11) is 1.64. The van der Waals surface area contributed by atoms with Gasteiger partial charge < -0.3 is 10.1 Å². The van der Waals surface area contributed by atoms with E-state index < -0.39 is 0 Å². The second kappa shape index (κ2) is 7.76. The molecule has 3 aromatic carbocycles. The van der Waals surface area contributed by atoms with Gasteiger partial charge in [-0.25, -0.2) is 4.98 Å². The molecule has 0 bridgehead atoms. The second-order valence-corrected chi connectivity index (χ2v) is 7.08. The molecule has 0 fully saturated rings. The standard InChI is InChI=1S/C25H22N2O2/c1-16-9-11-22-20(13-16)21(15-23(27-22)18-7-5-4-6-8-18)25(28)26-19-10-12-24(29-3)17(2)14-19/h4-15H,1-3H3,(H,26,28). The molecule has 29 heavy (non-hydrogen) atoms. The molecule has 0 saturated heterocycles. The summed E-state index contributed by atoms with van der Waals surface area (Å²) < 4.78 is 5.30. The van der Waals surface area contributed by atoms with E-state index in [4.69, 9.17) is 9.72 Å². The fraction of sp³-hybridized carbons (Fsp3) is 0.120. The van der Waals surface area contributed by atoms with Crippen LogP contribution < -0.4 is 10.1 Å². The molecule has 0 atom stereocenters. The number of nitrogens with zero attached hydrogens (tertiary/aromatic N) is 1. The van der Waals surface area contributed by atoms with E-state index in [0.717, 1.165) is 44.7 Å². The lowest BCUT2D eigenvalue weighted by Crippen LogP contribution is -2.13. The van der Waals surface area contributed by atoms with Crippen molar-refractivity contribution in [3.8, 4) is 17.0 Å². The van der Waals surface area contributed by atoms with Gasteiger partial charge in [-0.15, -0.1) is 0 Å². The summed E-state index contributed by atoms with van der Waals surface area (Å²) in [6.07, 6.45) is 0. The number of aryl methyl sites for hydroxylation is 2. The highest BCUT2D eigenvalue weighted by Gasteiger charge is 2.15. The van der Waals surface area contributed by atoms with Crippen molar-refractivity contribution in [3.05, 3.63) is 89.5 Å². The highest BCUT2D eigenvalue weighted by atomic mass is 16.5. The van der Waals surface area contributed by atoms with Crippen molar-refractivity contribution in [2.45, 2.75) is 13.8 Å². The van der Waals surface area contributed by atoms with Gasteiger partial charge in [0.15, 0.2) is 0 Å². The Labute approximate surface area is 170 Å². The number of amides is 1. The Morgan fingerprint density at radius 3 is 2.45 bits per heavy atom. The third kappa shape index (κ3) is 3.83. The Kier molecular flexibility index (Phi) is 5.00. The molecule has 144 valence electrons. The number of nitrogens with one attached hydrogen (secondary N) is 1. The number of carbonyl (C=O) groups excluding carboxylic acids is 1. The molecule has 0 spiro atoms. The molecule has 0 aliphatic heterocycles. The third-order valence-corrected chi connectivity index (χ3v) is 4.93. The van der Waals surface area contributed by atoms with Crippen LogP contribution in [0.25, 0.3) is 22.2 Å². The Balaban J connectivity index is 1.79. The summed E-state index contributed by atoms with van der Waals surface area (Å²) in [5.41, 5.74) is 5.93. The SMILES string of the molecule is COc1ccc(NC(=O)c2cc(-c3ccccc3)nc3ccc(C)cc23)cc1C. The van der Waals surface area contributed by atoms with Crippen LogP contribution in [0.15, 0.2) is 72.8 Å². The van der Waals surface area contributed by atoms with Crippen LogP contribution in [-0.2, 0) is 0 Å². The first-order chi connectivity index (χ1) is 14.0. The van der Waals surface area contributed by atoms with E-state index in [0.29, 0.717) is 5.56 Å². The van der Waals surface area contributed by atoms with Gasteiger partial charge in [-0.1, -0.05) is 42.0 Å². The quantitative estimate of drug-likeness (QED) is 0.487. The number of benzene rings is 3. The zero-order valence-electron chi connectivity index (χ0n) is 16.7. The molecule has 0 saturated carbocycles. The number of pyridine rings is 1. The fourth-order valence-corrected chi connectivity index (χ4v) is 3.44. The Bertz CT molecular complexity index is 1200. The van der Waals surface area contributed by atoms with E-state index in [1.807, 2.05) is 86.6 Å². The van der Waals surface area contributed by atoms with E-state index in [-0.39, 0.29) is 5.91 Å². The van der Waals surface area contributed by atoms with Crippen molar-refractivity contribution in [2.24, 2.45) is 0 Å². The molecule has 0 unspecified atom stereocenters. The van der Waals surface area contributed by atoms with Crippen LogP contribution in [0.4, 0.5) is 5.69 Å². The van der Waals surface area contributed by atoms with Gasteiger partial charge in [0.25, 0.3) is 5.91 Å². The molecule has 1 amide bonds. The minimum atomic E-state index is -0.162. The van der Waals surface area contributed by atoms with Crippen molar-refractivity contribution in [3.63, 3.8) is 0 Å². The van der Waals surface area contributed by atoms with Crippen LogP contribution in [0.1, 0.15) is 21.5 Å². The van der Waals surface area contributed by atoms with E-state index in [1.165, 1.54) is 0 Å². The van der Waals surface area contributed by atoms with E-state index in [2.05, 4.69) is 5.32 Å². The average Bonchev–Trinajstić information content (AvgIpc) is 2.73. The summed E-state index contributed by atoms with van der Waals surface area (Å²) in [5.74, 6) is 0.629. The van der Waals surface area contributed by atoms with Crippen LogP contribution in [0.3, 0.4) is 0 Å². The predicted octanol–water partition coefficient (Wildman–Crippen LogP) is 5.78. The van der Waals surface area contributed by atoms with Crippen LogP contribution in [-0.4, -0.2) is 18.0 Å². The lowest BCUT2D eigenvalue weighted by molar-refractivity contribution is 0.102. The van der Waals surface area contributed by atoms with Crippen molar-refractivity contribution in [2.75, 3.05) is 12.4 Å². The summed E-state index contributed by atoms with van der Waals surface area (Å²) >= 11 is 0. The Hall–Kier alpha value is -3.66. The minimum absolute atomic E-state index is 0.162. The number of carbonyl (C=O) groups is 1. The molecule has 1 N–H and O–H groups in total.